The summed E-state index contributed by atoms with van der Waals surface area (Å²) in [6.07, 6.45) is 17.0. The van der Waals surface area contributed by atoms with E-state index in [0.717, 1.165) is 24.5 Å². The van der Waals surface area contributed by atoms with Crippen molar-refractivity contribution in [1.82, 2.24) is 4.57 Å². The number of benzene rings is 1. The fourth-order valence-corrected chi connectivity index (χ4v) is 3.00. The van der Waals surface area contributed by atoms with Crippen molar-refractivity contribution < 1.29 is 23.8 Å². The van der Waals surface area contributed by atoms with Crippen molar-refractivity contribution in [2.45, 2.75) is 71.4 Å². The van der Waals surface area contributed by atoms with E-state index in [9.17, 15) is 0 Å². The number of rotatable bonds is 11. The lowest BCUT2D eigenvalue weighted by molar-refractivity contribution is -0.696. The third-order valence-corrected chi connectivity index (χ3v) is 4.56. The highest BCUT2D eigenvalue weighted by molar-refractivity contribution is 7.43. The Bertz CT molecular complexity index is 692. The van der Waals surface area contributed by atoms with Crippen LogP contribution in [0.3, 0.4) is 0 Å². The minimum Gasteiger partial charge on any atom is -0.756 e. The molecule has 0 amide bonds. The van der Waals surface area contributed by atoms with Gasteiger partial charge < -0.3 is 14.7 Å². The molecule has 0 fully saturated rings. The molecule has 1 heterocycles. The number of imidazole rings is 1. The lowest BCUT2D eigenvalue weighted by Gasteiger charge is -2.01. The quantitative estimate of drug-likeness (QED) is 0.322. The molecular formula is C20H32ClN2O4P. The Balaban J connectivity index is 0.000000696. The third kappa shape index (κ3) is 13.9. The number of aromatic nitrogens is 2. The molecular weight excluding hydrogens is 399 g/mol. The second kappa shape index (κ2) is 13.9. The molecule has 8 heteroatoms. The van der Waals surface area contributed by atoms with Crippen molar-refractivity contribution in [2.24, 2.45) is 0 Å². The molecule has 1 aromatic carbocycles. The first kappa shape index (κ1) is 24.9. The van der Waals surface area contributed by atoms with Gasteiger partial charge in [-0.1, -0.05) is 49.9 Å². The van der Waals surface area contributed by atoms with Crippen LogP contribution in [0.4, 0.5) is 0 Å². The fraction of sp³-hybridized carbons (Fsp3) is 0.550. The smallest absolute Gasteiger partial charge is 0.262 e. The van der Waals surface area contributed by atoms with E-state index in [2.05, 4.69) is 46.9 Å². The maximum Gasteiger partial charge on any atom is 0.262 e. The van der Waals surface area contributed by atoms with Gasteiger partial charge >= 0.3 is 0 Å². The van der Waals surface area contributed by atoms with Gasteiger partial charge in [0, 0.05) is 5.02 Å². The van der Waals surface area contributed by atoms with Gasteiger partial charge in [-0.2, -0.15) is 0 Å². The molecule has 0 saturated carbocycles. The minimum absolute atomic E-state index is 0.820. The van der Waals surface area contributed by atoms with Crippen molar-refractivity contribution >= 4 is 19.4 Å². The molecule has 0 unspecified atom stereocenters. The van der Waals surface area contributed by atoms with E-state index in [0.29, 0.717) is 0 Å². The van der Waals surface area contributed by atoms with E-state index in [1.807, 2.05) is 12.1 Å². The van der Waals surface area contributed by atoms with E-state index in [1.54, 1.807) is 0 Å². The lowest BCUT2D eigenvalue weighted by atomic mass is 10.1. The van der Waals surface area contributed by atoms with Crippen molar-refractivity contribution in [2.75, 3.05) is 0 Å². The van der Waals surface area contributed by atoms with Crippen LogP contribution in [-0.4, -0.2) is 14.4 Å². The van der Waals surface area contributed by atoms with Gasteiger partial charge in [0.05, 0.1) is 13.1 Å². The van der Waals surface area contributed by atoms with Gasteiger partial charge in [-0.3, -0.25) is 4.57 Å². The number of hydrogen-bond acceptors (Lipinski definition) is 2. The van der Waals surface area contributed by atoms with Crippen molar-refractivity contribution in [1.29, 1.82) is 0 Å². The van der Waals surface area contributed by atoms with Crippen LogP contribution in [0, 0.1) is 0 Å². The summed E-state index contributed by atoms with van der Waals surface area (Å²) >= 11 is 5.91. The van der Waals surface area contributed by atoms with Crippen molar-refractivity contribution in [3.05, 3.63) is 53.6 Å². The van der Waals surface area contributed by atoms with Gasteiger partial charge in [0.2, 0.25) is 6.33 Å². The summed E-state index contributed by atoms with van der Waals surface area (Å²) in [5.41, 5.74) is 1.38. The molecule has 158 valence electrons. The molecule has 0 spiro atoms. The first-order valence-corrected chi connectivity index (χ1v) is 11.7. The zero-order valence-electron chi connectivity index (χ0n) is 16.5. The zero-order valence-corrected chi connectivity index (χ0v) is 18.2. The van der Waals surface area contributed by atoms with Gasteiger partial charge in [-0.15, -0.1) is 0 Å². The van der Waals surface area contributed by atoms with Gasteiger partial charge in [0.1, 0.15) is 12.4 Å². The van der Waals surface area contributed by atoms with Crippen LogP contribution in [0.2, 0.25) is 5.02 Å². The number of unbranched alkanes of at least 4 members (excludes halogenated alkanes) is 5. The maximum absolute atomic E-state index is 8.77. The van der Waals surface area contributed by atoms with Crippen LogP contribution in [0.25, 0.3) is 0 Å². The Morgan fingerprint density at radius 3 is 2.36 bits per heavy atom. The Labute approximate surface area is 173 Å². The van der Waals surface area contributed by atoms with E-state index < -0.39 is 7.82 Å². The Hall–Kier alpha value is -1.17. The first-order chi connectivity index (χ1) is 13.3. The van der Waals surface area contributed by atoms with Gasteiger partial charge in [-0.25, -0.2) is 9.13 Å². The van der Waals surface area contributed by atoms with Crippen LogP contribution in [0.15, 0.2) is 43.0 Å². The number of aryl methyl sites for hydroxylation is 3. The molecule has 0 saturated heterocycles. The summed E-state index contributed by atoms with van der Waals surface area (Å²) in [6.45, 7) is 4.53. The SMILES string of the molecule is CCCCCCC[n+]1ccn(CCCCc2ccc(Cl)cc2)c1.O=P([O-])(O)O. The average Bonchev–Trinajstić information content (AvgIpc) is 3.06. The number of nitrogens with zero attached hydrogens (tertiary/aromatic N) is 2. The van der Waals surface area contributed by atoms with Crippen LogP contribution < -0.4 is 9.46 Å². The fourth-order valence-electron chi connectivity index (χ4n) is 2.88. The van der Waals surface area contributed by atoms with Crippen LogP contribution in [0.1, 0.15) is 57.4 Å². The van der Waals surface area contributed by atoms with Gasteiger partial charge in [0.15, 0.2) is 0 Å². The molecule has 2 N–H and O–H groups in total. The largest absolute Gasteiger partial charge is 0.756 e. The van der Waals surface area contributed by atoms with Crippen molar-refractivity contribution in [3.8, 4) is 0 Å². The molecule has 1 aromatic heterocycles. The summed E-state index contributed by atoms with van der Waals surface area (Å²) < 4.78 is 13.4. The number of hydrogen-bond donors (Lipinski definition) is 2. The number of phosphoric acid groups is 1. The number of halogens is 1. The summed E-state index contributed by atoms with van der Waals surface area (Å²) in [7, 11) is -4.89. The van der Waals surface area contributed by atoms with Gasteiger partial charge in [-0.05, 0) is 49.8 Å². The Morgan fingerprint density at radius 2 is 1.71 bits per heavy atom. The predicted octanol–water partition coefficient (Wildman–Crippen LogP) is 3.86. The highest BCUT2D eigenvalue weighted by Crippen LogP contribution is 2.19. The molecule has 2 rings (SSSR count). The van der Waals surface area contributed by atoms with Crippen LogP contribution >= 0.6 is 19.4 Å². The highest BCUT2D eigenvalue weighted by Gasteiger charge is 2.03. The molecule has 2 aromatic rings. The molecule has 0 aliphatic heterocycles. The molecule has 0 radical (unpaired) electrons. The zero-order chi connectivity index (χ0) is 20.8. The first-order valence-electron chi connectivity index (χ1n) is 9.83. The lowest BCUT2D eigenvalue weighted by Crippen LogP contribution is -2.30. The molecule has 0 bridgehead atoms. The summed E-state index contributed by atoms with van der Waals surface area (Å²) in [6, 6.07) is 8.22. The standard InChI is InChI=1S/C20H30ClN2.H3O4P/c1-2-3-4-5-7-14-22-16-17-23(18-22)15-8-6-9-19-10-12-20(21)13-11-19;1-5(2,3)4/h10-13,16-18H,2-9,14-15H2,1H3;(H3,1,2,3,4)/q+1;/p-1. The normalized spacial score (nSPS) is 11.2. The second-order valence-electron chi connectivity index (χ2n) is 6.88. The minimum atomic E-state index is -4.89. The van der Waals surface area contributed by atoms with Gasteiger partial charge in [0.25, 0.3) is 7.82 Å². The maximum atomic E-state index is 8.77. The average molecular weight is 431 g/mol. The summed E-state index contributed by atoms with van der Waals surface area (Å²) in [4.78, 5) is 22.9. The van der Waals surface area contributed by atoms with E-state index in [4.69, 9.17) is 30.8 Å². The van der Waals surface area contributed by atoms with E-state index >= 15 is 0 Å². The molecule has 0 aliphatic rings. The molecule has 28 heavy (non-hydrogen) atoms. The summed E-state index contributed by atoms with van der Waals surface area (Å²) in [5, 5.41) is 0.820. The second-order valence-corrected chi connectivity index (χ2v) is 8.30. The highest BCUT2D eigenvalue weighted by atomic mass is 35.5. The molecule has 6 nitrogen and oxygen atoms in total. The molecule has 0 atom stereocenters. The van der Waals surface area contributed by atoms with Crippen LogP contribution in [0.5, 0.6) is 0 Å². The van der Waals surface area contributed by atoms with E-state index in [1.165, 1.54) is 50.5 Å². The topological polar surface area (TPSA) is 89.4 Å². The third-order valence-electron chi connectivity index (χ3n) is 4.31. The molecule has 0 aliphatic carbocycles. The summed E-state index contributed by atoms with van der Waals surface area (Å²) in [5.74, 6) is 0. The monoisotopic (exact) mass is 430 g/mol. The predicted molar refractivity (Wildman–Crippen MR) is 110 cm³/mol. The van der Waals surface area contributed by atoms with Crippen molar-refractivity contribution in [3.63, 3.8) is 0 Å². The van der Waals surface area contributed by atoms with E-state index in [-0.39, 0.29) is 0 Å². The Kier molecular flexibility index (Phi) is 12.4. The Morgan fingerprint density at radius 1 is 1.07 bits per heavy atom. The van der Waals surface area contributed by atoms with Crippen LogP contribution in [-0.2, 0) is 24.1 Å².